The third-order valence-electron chi connectivity index (χ3n) is 2.45. The maximum atomic E-state index is 13.1. The lowest BCUT2D eigenvalue weighted by Crippen LogP contribution is -2.26. The van der Waals surface area contributed by atoms with Crippen molar-refractivity contribution in [2.45, 2.75) is 13.0 Å². The number of nitrogens with one attached hydrogen (secondary N) is 1. The van der Waals surface area contributed by atoms with E-state index in [1.54, 1.807) is 6.20 Å². The minimum Gasteiger partial charge on any atom is -0.375 e. The number of nitrogen functional groups attached to an aromatic ring is 1. The summed E-state index contributed by atoms with van der Waals surface area (Å²) in [4.78, 5) is 16.0. The number of carbonyl (C=O) groups excluding carboxylic acids is 1. The third kappa shape index (κ3) is 3.21. The van der Waals surface area contributed by atoms with Crippen LogP contribution < -0.4 is 11.1 Å². The SMILES string of the molecule is CC(=O)N[C@@H](c1cnc(N)s1)c1ccc(F)cc1Cl. The maximum Gasteiger partial charge on any atom is 0.217 e. The van der Waals surface area contributed by atoms with E-state index in [9.17, 15) is 9.18 Å². The molecule has 1 aromatic heterocycles. The Morgan fingerprint density at radius 3 is 2.84 bits per heavy atom. The van der Waals surface area contributed by atoms with Gasteiger partial charge in [-0.05, 0) is 17.7 Å². The van der Waals surface area contributed by atoms with E-state index < -0.39 is 11.9 Å². The molecule has 0 aliphatic rings. The van der Waals surface area contributed by atoms with Gasteiger partial charge >= 0.3 is 0 Å². The fourth-order valence-corrected chi connectivity index (χ4v) is 2.71. The van der Waals surface area contributed by atoms with Gasteiger partial charge in [-0.1, -0.05) is 29.0 Å². The lowest BCUT2D eigenvalue weighted by Gasteiger charge is -2.17. The van der Waals surface area contributed by atoms with Crippen LogP contribution in [0.4, 0.5) is 9.52 Å². The molecule has 3 N–H and O–H groups in total. The minimum atomic E-state index is -0.486. The second kappa shape index (κ2) is 5.54. The van der Waals surface area contributed by atoms with Gasteiger partial charge in [0, 0.05) is 18.1 Å². The molecule has 1 atom stereocenters. The normalized spacial score (nSPS) is 12.2. The largest absolute Gasteiger partial charge is 0.375 e. The summed E-state index contributed by atoms with van der Waals surface area (Å²) in [5.74, 6) is -0.656. The van der Waals surface area contributed by atoms with E-state index in [-0.39, 0.29) is 10.9 Å². The average molecular weight is 300 g/mol. The molecular formula is C12H11ClFN3OS. The third-order valence-corrected chi connectivity index (χ3v) is 3.67. The second-order valence-electron chi connectivity index (χ2n) is 3.90. The number of rotatable bonds is 3. The number of amides is 1. The summed E-state index contributed by atoms with van der Waals surface area (Å²) in [6.07, 6.45) is 1.57. The van der Waals surface area contributed by atoms with Crippen molar-refractivity contribution in [3.8, 4) is 0 Å². The average Bonchev–Trinajstić information content (AvgIpc) is 2.73. The number of halogens is 2. The summed E-state index contributed by atoms with van der Waals surface area (Å²) in [5, 5.41) is 3.39. The molecule has 0 radical (unpaired) electrons. The maximum absolute atomic E-state index is 13.1. The number of benzene rings is 1. The highest BCUT2D eigenvalue weighted by atomic mass is 35.5. The molecule has 7 heteroatoms. The van der Waals surface area contributed by atoms with Gasteiger partial charge in [-0.2, -0.15) is 0 Å². The number of thiazole rings is 1. The summed E-state index contributed by atoms with van der Waals surface area (Å²) < 4.78 is 13.1. The van der Waals surface area contributed by atoms with Crippen molar-refractivity contribution in [1.29, 1.82) is 0 Å². The van der Waals surface area contributed by atoms with Crippen LogP contribution >= 0.6 is 22.9 Å². The van der Waals surface area contributed by atoms with Crippen molar-refractivity contribution >= 4 is 34.0 Å². The van der Waals surface area contributed by atoms with Crippen molar-refractivity contribution in [3.05, 3.63) is 45.7 Å². The summed E-state index contributed by atoms with van der Waals surface area (Å²) in [5.41, 5.74) is 6.19. The van der Waals surface area contributed by atoms with Crippen LogP contribution in [0.3, 0.4) is 0 Å². The molecule has 1 aromatic carbocycles. The molecule has 0 saturated carbocycles. The van der Waals surface area contributed by atoms with Crippen molar-refractivity contribution in [2.75, 3.05) is 5.73 Å². The molecule has 0 saturated heterocycles. The van der Waals surface area contributed by atoms with Gasteiger partial charge in [0.1, 0.15) is 5.82 Å². The van der Waals surface area contributed by atoms with Gasteiger partial charge in [0.05, 0.1) is 10.9 Å². The highest BCUT2D eigenvalue weighted by Gasteiger charge is 2.20. The van der Waals surface area contributed by atoms with Crippen molar-refractivity contribution in [2.24, 2.45) is 0 Å². The van der Waals surface area contributed by atoms with Gasteiger partial charge in [-0.15, -0.1) is 0 Å². The van der Waals surface area contributed by atoms with Gasteiger partial charge in [0.15, 0.2) is 5.13 Å². The molecule has 0 bridgehead atoms. The van der Waals surface area contributed by atoms with Crippen molar-refractivity contribution < 1.29 is 9.18 Å². The zero-order valence-corrected chi connectivity index (χ0v) is 11.6. The molecule has 100 valence electrons. The van der Waals surface area contributed by atoms with Crippen LogP contribution in [0.25, 0.3) is 0 Å². The van der Waals surface area contributed by atoms with Crippen LogP contribution in [-0.4, -0.2) is 10.9 Å². The summed E-state index contributed by atoms with van der Waals surface area (Å²) in [6.45, 7) is 1.40. The van der Waals surface area contributed by atoms with Crippen LogP contribution in [0.5, 0.6) is 0 Å². The smallest absolute Gasteiger partial charge is 0.217 e. The van der Waals surface area contributed by atoms with Crippen LogP contribution in [-0.2, 0) is 4.79 Å². The van der Waals surface area contributed by atoms with Crippen LogP contribution in [0.2, 0.25) is 5.02 Å². The Kier molecular flexibility index (Phi) is 4.01. The quantitative estimate of drug-likeness (QED) is 0.915. The van der Waals surface area contributed by atoms with E-state index in [2.05, 4.69) is 10.3 Å². The Bertz CT molecular complexity index is 617. The molecule has 2 rings (SSSR count). The van der Waals surface area contributed by atoms with Crippen LogP contribution in [0, 0.1) is 5.82 Å². The minimum absolute atomic E-state index is 0.225. The molecule has 19 heavy (non-hydrogen) atoms. The van der Waals surface area contributed by atoms with Crippen LogP contribution in [0.15, 0.2) is 24.4 Å². The van der Waals surface area contributed by atoms with E-state index in [1.807, 2.05) is 0 Å². The van der Waals surface area contributed by atoms with Gasteiger partial charge < -0.3 is 11.1 Å². The van der Waals surface area contributed by atoms with Crippen LogP contribution in [0.1, 0.15) is 23.4 Å². The van der Waals surface area contributed by atoms with Crippen molar-refractivity contribution in [1.82, 2.24) is 10.3 Å². The highest BCUT2D eigenvalue weighted by molar-refractivity contribution is 7.15. The predicted octanol–water partition coefficient (Wildman–Crippen LogP) is 2.74. The van der Waals surface area contributed by atoms with E-state index in [0.717, 1.165) is 4.88 Å². The second-order valence-corrected chi connectivity index (χ2v) is 5.40. The number of hydrogen-bond acceptors (Lipinski definition) is 4. The number of carbonyl (C=O) groups is 1. The van der Waals surface area contributed by atoms with E-state index in [0.29, 0.717) is 10.7 Å². The predicted molar refractivity (Wildman–Crippen MR) is 73.6 cm³/mol. The Hall–Kier alpha value is -1.66. The Morgan fingerprint density at radius 2 is 2.32 bits per heavy atom. The Morgan fingerprint density at radius 1 is 1.58 bits per heavy atom. The standard InChI is InChI=1S/C12H11ClFN3OS/c1-6(18)17-11(10-5-16-12(15)19-10)8-3-2-7(14)4-9(8)13/h2-5,11H,1H3,(H2,15,16)(H,17,18)/t11-/m1/s1. The number of nitrogens with zero attached hydrogens (tertiary/aromatic N) is 1. The topological polar surface area (TPSA) is 68.0 Å². The monoisotopic (exact) mass is 299 g/mol. The molecule has 0 aliphatic heterocycles. The fraction of sp³-hybridized carbons (Fsp3) is 0.167. The molecular weight excluding hydrogens is 289 g/mol. The Balaban J connectivity index is 2.45. The summed E-state index contributed by atoms with van der Waals surface area (Å²) in [6, 6.07) is 3.55. The molecule has 0 aliphatic carbocycles. The fourth-order valence-electron chi connectivity index (χ4n) is 1.68. The zero-order valence-electron chi connectivity index (χ0n) is 9.98. The first kappa shape index (κ1) is 13.8. The number of nitrogens with two attached hydrogens (primary N) is 1. The summed E-state index contributed by atoms with van der Waals surface area (Å²) in [7, 11) is 0. The lowest BCUT2D eigenvalue weighted by molar-refractivity contribution is -0.119. The number of aromatic nitrogens is 1. The van der Waals surface area contributed by atoms with E-state index in [1.165, 1.54) is 36.5 Å². The highest BCUT2D eigenvalue weighted by Crippen LogP contribution is 2.32. The number of hydrogen-bond donors (Lipinski definition) is 2. The zero-order chi connectivity index (χ0) is 14.0. The van der Waals surface area contributed by atoms with Gasteiger partial charge in [0.25, 0.3) is 0 Å². The molecule has 0 spiro atoms. The first-order valence-electron chi connectivity index (χ1n) is 5.40. The molecule has 0 fully saturated rings. The molecule has 0 unspecified atom stereocenters. The number of anilines is 1. The lowest BCUT2D eigenvalue weighted by atomic mass is 10.1. The van der Waals surface area contributed by atoms with Gasteiger partial charge in [0.2, 0.25) is 5.91 Å². The molecule has 2 aromatic rings. The molecule has 1 heterocycles. The van der Waals surface area contributed by atoms with Gasteiger partial charge in [-0.3, -0.25) is 4.79 Å². The first-order valence-corrected chi connectivity index (χ1v) is 6.60. The molecule has 4 nitrogen and oxygen atoms in total. The van der Waals surface area contributed by atoms with Gasteiger partial charge in [-0.25, -0.2) is 9.37 Å². The van der Waals surface area contributed by atoms with E-state index in [4.69, 9.17) is 17.3 Å². The first-order chi connectivity index (χ1) is 8.97. The van der Waals surface area contributed by atoms with Crippen molar-refractivity contribution in [3.63, 3.8) is 0 Å². The summed E-state index contributed by atoms with van der Waals surface area (Å²) >= 11 is 7.27. The Labute approximate surface area is 118 Å². The molecule has 1 amide bonds. The van der Waals surface area contributed by atoms with E-state index >= 15 is 0 Å².